The number of hydrogen-bond donors (Lipinski definition) is 1. The van der Waals surface area contributed by atoms with Gasteiger partial charge in [0.1, 0.15) is 6.54 Å². The summed E-state index contributed by atoms with van der Waals surface area (Å²) in [5.41, 5.74) is 1.01. The van der Waals surface area contributed by atoms with E-state index in [9.17, 15) is 14.4 Å². The Morgan fingerprint density at radius 1 is 1.00 bits per heavy atom. The van der Waals surface area contributed by atoms with Crippen molar-refractivity contribution in [3.05, 3.63) is 69.7 Å². The fraction of sp³-hybridized carbons (Fsp3) is 0.250. The first-order chi connectivity index (χ1) is 12.5. The second-order valence-electron chi connectivity index (χ2n) is 6.19. The van der Waals surface area contributed by atoms with Crippen molar-refractivity contribution < 1.29 is 19.1 Å². The predicted octanol–water partition coefficient (Wildman–Crippen LogP) is 3.36. The maximum Gasteiger partial charge on any atom is 0.325 e. The number of rotatable bonds is 7. The number of ketones is 1. The van der Waals surface area contributed by atoms with Gasteiger partial charge in [0.25, 0.3) is 5.91 Å². The average molecular weight is 416 g/mol. The molecule has 0 atom stereocenters. The third-order valence-electron chi connectivity index (χ3n) is 4.09. The molecule has 0 heterocycles. The summed E-state index contributed by atoms with van der Waals surface area (Å²) in [7, 11) is 0. The standard InChI is InChI=1S/C20H18BrNO4/c21-15-9-7-14(8-10-15)19(24)16-3-1-2-4-17(16)20(25)22-11-18(23)26-12-13-5-6-13/h1-4,7-10,13H,5-6,11-12H2,(H,22,25). The van der Waals surface area contributed by atoms with Gasteiger partial charge in [-0.1, -0.05) is 34.1 Å². The SMILES string of the molecule is O=C(CNC(=O)c1ccccc1C(=O)c1ccc(Br)cc1)OCC1CC1. The molecule has 2 aromatic carbocycles. The van der Waals surface area contributed by atoms with Gasteiger partial charge in [0.2, 0.25) is 0 Å². The van der Waals surface area contributed by atoms with Crippen molar-refractivity contribution in [2.75, 3.05) is 13.2 Å². The van der Waals surface area contributed by atoms with Crippen LogP contribution in [0.15, 0.2) is 53.0 Å². The summed E-state index contributed by atoms with van der Waals surface area (Å²) in [6.07, 6.45) is 2.18. The molecule has 0 saturated heterocycles. The first-order valence-electron chi connectivity index (χ1n) is 8.37. The van der Waals surface area contributed by atoms with Crippen LogP contribution in [0.2, 0.25) is 0 Å². The monoisotopic (exact) mass is 415 g/mol. The van der Waals surface area contributed by atoms with Crippen molar-refractivity contribution >= 4 is 33.6 Å². The minimum Gasteiger partial charge on any atom is -0.464 e. The molecule has 0 radical (unpaired) electrons. The Hall–Kier alpha value is -2.47. The number of halogens is 1. The zero-order chi connectivity index (χ0) is 18.5. The van der Waals surface area contributed by atoms with E-state index in [-0.39, 0.29) is 17.9 Å². The van der Waals surface area contributed by atoms with Crippen molar-refractivity contribution in [2.45, 2.75) is 12.8 Å². The Kier molecular flexibility index (Phi) is 5.83. The van der Waals surface area contributed by atoms with Gasteiger partial charge < -0.3 is 10.1 Å². The first kappa shape index (κ1) is 18.3. The lowest BCUT2D eigenvalue weighted by Gasteiger charge is -2.10. The van der Waals surface area contributed by atoms with E-state index in [0.29, 0.717) is 23.7 Å². The van der Waals surface area contributed by atoms with E-state index >= 15 is 0 Å². The van der Waals surface area contributed by atoms with Crippen LogP contribution in [0.4, 0.5) is 0 Å². The first-order valence-corrected chi connectivity index (χ1v) is 9.17. The van der Waals surface area contributed by atoms with Crippen LogP contribution in [0.25, 0.3) is 0 Å². The van der Waals surface area contributed by atoms with Gasteiger partial charge >= 0.3 is 5.97 Å². The van der Waals surface area contributed by atoms with Crippen LogP contribution < -0.4 is 5.32 Å². The lowest BCUT2D eigenvalue weighted by atomic mass is 9.98. The Morgan fingerprint density at radius 3 is 2.31 bits per heavy atom. The number of carbonyl (C=O) groups is 3. The second kappa shape index (κ2) is 8.27. The minimum atomic E-state index is -0.477. The van der Waals surface area contributed by atoms with Gasteiger partial charge in [-0.05, 0) is 49.1 Å². The Labute approximate surface area is 159 Å². The quantitative estimate of drug-likeness (QED) is 0.555. The van der Waals surface area contributed by atoms with Crippen LogP contribution in [0.1, 0.15) is 39.1 Å². The van der Waals surface area contributed by atoms with E-state index in [2.05, 4.69) is 21.2 Å². The van der Waals surface area contributed by atoms with Crippen molar-refractivity contribution in [1.29, 1.82) is 0 Å². The smallest absolute Gasteiger partial charge is 0.325 e. The Balaban J connectivity index is 1.67. The van der Waals surface area contributed by atoms with E-state index < -0.39 is 11.9 Å². The van der Waals surface area contributed by atoms with Gasteiger partial charge in [0.15, 0.2) is 5.78 Å². The van der Waals surface area contributed by atoms with Gasteiger partial charge in [-0.2, -0.15) is 0 Å². The van der Waals surface area contributed by atoms with Crippen molar-refractivity contribution in [1.82, 2.24) is 5.32 Å². The van der Waals surface area contributed by atoms with Gasteiger partial charge in [-0.15, -0.1) is 0 Å². The van der Waals surface area contributed by atoms with Crippen molar-refractivity contribution in [3.63, 3.8) is 0 Å². The molecule has 26 heavy (non-hydrogen) atoms. The maximum absolute atomic E-state index is 12.7. The maximum atomic E-state index is 12.7. The van der Waals surface area contributed by atoms with Crippen LogP contribution >= 0.6 is 15.9 Å². The highest BCUT2D eigenvalue weighted by molar-refractivity contribution is 9.10. The van der Waals surface area contributed by atoms with Crippen LogP contribution in [0.5, 0.6) is 0 Å². The fourth-order valence-corrected chi connectivity index (χ4v) is 2.69. The summed E-state index contributed by atoms with van der Waals surface area (Å²) < 4.78 is 5.95. The molecule has 134 valence electrons. The molecule has 3 rings (SSSR count). The number of ether oxygens (including phenoxy) is 1. The third kappa shape index (κ3) is 4.79. The second-order valence-corrected chi connectivity index (χ2v) is 7.11. The van der Waals surface area contributed by atoms with Crippen LogP contribution in [0.3, 0.4) is 0 Å². The molecular formula is C20H18BrNO4. The van der Waals surface area contributed by atoms with Crippen LogP contribution in [-0.4, -0.2) is 30.8 Å². The van der Waals surface area contributed by atoms with E-state index in [4.69, 9.17) is 4.74 Å². The molecule has 0 spiro atoms. The summed E-state index contributed by atoms with van der Waals surface area (Å²) in [4.78, 5) is 36.8. The van der Waals surface area contributed by atoms with Crippen molar-refractivity contribution in [2.24, 2.45) is 5.92 Å². The number of amides is 1. The molecule has 1 amide bonds. The van der Waals surface area contributed by atoms with E-state index in [1.165, 1.54) is 0 Å². The highest BCUT2D eigenvalue weighted by Crippen LogP contribution is 2.28. The number of nitrogens with one attached hydrogen (secondary N) is 1. The number of hydrogen-bond acceptors (Lipinski definition) is 4. The lowest BCUT2D eigenvalue weighted by molar-refractivity contribution is -0.142. The lowest BCUT2D eigenvalue weighted by Crippen LogP contribution is -2.32. The average Bonchev–Trinajstić information content (AvgIpc) is 3.49. The highest BCUT2D eigenvalue weighted by atomic mass is 79.9. The van der Waals surface area contributed by atoms with Gasteiger partial charge in [-0.25, -0.2) is 0 Å². The highest BCUT2D eigenvalue weighted by Gasteiger charge is 2.23. The summed E-state index contributed by atoms with van der Waals surface area (Å²) in [5, 5.41) is 2.53. The topological polar surface area (TPSA) is 72.5 Å². The molecule has 0 aromatic heterocycles. The van der Waals surface area contributed by atoms with Crippen LogP contribution in [-0.2, 0) is 9.53 Å². The van der Waals surface area contributed by atoms with Gasteiger partial charge in [0, 0.05) is 15.6 Å². The summed E-state index contributed by atoms with van der Waals surface area (Å²) in [6.45, 7) is 0.194. The predicted molar refractivity (Wildman–Crippen MR) is 100 cm³/mol. The fourth-order valence-electron chi connectivity index (χ4n) is 2.43. The molecule has 1 fully saturated rings. The van der Waals surface area contributed by atoms with E-state index in [1.54, 1.807) is 48.5 Å². The number of carbonyl (C=O) groups excluding carboxylic acids is 3. The zero-order valence-electron chi connectivity index (χ0n) is 14.0. The minimum absolute atomic E-state index is 0.216. The Morgan fingerprint density at radius 2 is 1.65 bits per heavy atom. The van der Waals surface area contributed by atoms with E-state index in [0.717, 1.165) is 17.3 Å². The molecule has 2 aromatic rings. The number of benzene rings is 2. The number of esters is 1. The van der Waals surface area contributed by atoms with Crippen LogP contribution in [0, 0.1) is 5.92 Å². The normalized spacial score (nSPS) is 13.1. The molecule has 1 aliphatic carbocycles. The molecule has 5 nitrogen and oxygen atoms in total. The zero-order valence-corrected chi connectivity index (χ0v) is 15.6. The summed E-state index contributed by atoms with van der Waals surface area (Å²) in [6, 6.07) is 13.5. The molecule has 1 saturated carbocycles. The molecule has 1 aliphatic rings. The van der Waals surface area contributed by atoms with E-state index in [1.807, 2.05) is 0 Å². The van der Waals surface area contributed by atoms with Crippen molar-refractivity contribution in [3.8, 4) is 0 Å². The molecule has 0 bridgehead atoms. The molecule has 0 aliphatic heterocycles. The molecule has 1 N–H and O–H groups in total. The summed E-state index contributed by atoms with van der Waals surface area (Å²) >= 11 is 3.33. The van der Waals surface area contributed by atoms with Gasteiger partial charge in [-0.3, -0.25) is 14.4 Å². The largest absolute Gasteiger partial charge is 0.464 e. The van der Waals surface area contributed by atoms with Gasteiger partial charge in [0.05, 0.1) is 12.2 Å². The molecule has 0 unspecified atom stereocenters. The Bertz CT molecular complexity index is 828. The molecular weight excluding hydrogens is 398 g/mol. The molecule has 6 heteroatoms. The third-order valence-corrected chi connectivity index (χ3v) is 4.62. The summed E-state index contributed by atoms with van der Waals surface area (Å²) in [5.74, 6) is -0.727.